The van der Waals surface area contributed by atoms with Gasteiger partial charge in [-0.15, -0.1) is 11.3 Å². The molecule has 3 rings (SSSR count). The summed E-state index contributed by atoms with van der Waals surface area (Å²) >= 11 is 1.73. The first-order valence-electron chi connectivity index (χ1n) is 7.66. The first-order chi connectivity index (χ1) is 9.69. The molecule has 0 aromatic carbocycles. The first kappa shape index (κ1) is 13.9. The number of aryl methyl sites for hydroxylation is 1. The first-order valence-corrected chi connectivity index (χ1v) is 8.48. The SMILES string of the molecule is CCCN(CC1CC1)c1nc2c(s1)CCCC2C(=O)O. The molecule has 1 fully saturated rings. The van der Waals surface area contributed by atoms with E-state index < -0.39 is 5.97 Å². The van der Waals surface area contributed by atoms with Crippen LogP contribution in [0.3, 0.4) is 0 Å². The number of carboxylic acids is 1. The van der Waals surface area contributed by atoms with E-state index in [-0.39, 0.29) is 5.92 Å². The molecule has 0 aliphatic heterocycles. The fourth-order valence-corrected chi connectivity index (χ4v) is 4.13. The minimum absolute atomic E-state index is 0.381. The number of hydrogen-bond donors (Lipinski definition) is 1. The van der Waals surface area contributed by atoms with Gasteiger partial charge in [0.05, 0.1) is 5.69 Å². The van der Waals surface area contributed by atoms with Crippen molar-refractivity contribution in [3.8, 4) is 0 Å². The highest BCUT2D eigenvalue weighted by molar-refractivity contribution is 7.15. The molecule has 1 aromatic heterocycles. The second kappa shape index (κ2) is 5.72. The standard InChI is InChI=1S/C15H22N2O2S/c1-2-8-17(9-10-6-7-10)15-16-13-11(14(18)19)4-3-5-12(13)20-15/h10-11H,2-9H2,1H3,(H,18,19). The van der Waals surface area contributed by atoms with E-state index in [1.165, 1.54) is 17.7 Å². The molecular weight excluding hydrogens is 272 g/mol. The number of carbonyl (C=O) groups is 1. The molecule has 0 spiro atoms. The van der Waals surface area contributed by atoms with Gasteiger partial charge in [-0.25, -0.2) is 4.98 Å². The molecule has 1 heterocycles. The van der Waals surface area contributed by atoms with Crippen LogP contribution in [0.25, 0.3) is 0 Å². The number of nitrogens with zero attached hydrogens (tertiary/aromatic N) is 2. The van der Waals surface area contributed by atoms with Crippen LogP contribution in [0.5, 0.6) is 0 Å². The minimum atomic E-state index is -0.716. The van der Waals surface area contributed by atoms with Crippen molar-refractivity contribution in [3.63, 3.8) is 0 Å². The molecule has 20 heavy (non-hydrogen) atoms. The number of anilines is 1. The number of thiazole rings is 1. The molecule has 1 atom stereocenters. The lowest BCUT2D eigenvalue weighted by Crippen LogP contribution is -2.26. The molecule has 110 valence electrons. The maximum atomic E-state index is 11.4. The Bertz CT molecular complexity index is 496. The predicted octanol–water partition coefficient (Wildman–Crippen LogP) is 3.27. The van der Waals surface area contributed by atoms with Crippen LogP contribution in [-0.2, 0) is 11.2 Å². The van der Waals surface area contributed by atoms with E-state index >= 15 is 0 Å². The quantitative estimate of drug-likeness (QED) is 0.875. The average molecular weight is 294 g/mol. The van der Waals surface area contributed by atoms with Gasteiger partial charge in [0.1, 0.15) is 5.92 Å². The van der Waals surface area contributed by atoms with E-state index in [4.69, 9.17) is 4.98 Å². The highest BCUT2D eigenvalue weighted by Crippen LogP contribution is 2.39. The molecule has 0 bridgehead atoms. The number of aromatic nitrogens is 1. The lowest BCUT2D eigenvalue weighted by Gasteiger charge is -2.20. The van der Waals surface area contributed by atoms with Gasteiger partial charge in [-0.3, -0.25) is 4.79 Å². The summed E-state index contributed by atoms with van der Waals surface area (Å²) in [5.74, 6) is -0.266. The second-order valence-corrected chi connectivity index (χ2v) is 7.04. The normalized spacial score (nSPS) is 21.6. The molecular formula is C15H22N2O2S. The van der Waals surface area contributed by atoms with Crippen LogP contribution in [0.15, 0.2) is 0 Å². The zero-order valence-electron chi connectivity index (χ0n) is 12.0. The number of fused-ring (bicyclic) bond motifs is 1. The summed E-state index contributed by atoms with van der Waals surface area (Å²) in [6.07, 6.45) is 6.50. The summed E-state index contributed by atoms with van der Waals surface area (Å²) < 4.78 is 0. The van der Waals surface area contributed by atoms with Crippen molar-refractivity contribution in [3.05, 3.63) is 10.6 Å². The highest BCUT2D eigenvalue weighted by Gasteiger charge is 2.32. The van der Waals surface area contributed by atoms with Crippen molar-refractivity contribution in [2.24, 2.45) is 5.92 Å². The van der Waals surface area contributed by atoms with Crippen LogP contribution in [0, 0.1) is 5.92 Å². The number of aliphatic carboxylic acids is 1. The van der Waals surface area contributed by atoms with E-state index in [1.54, 1.807) is 11.3 Å². The van der Waals surface area contributed by atoms with E-state index in [0.717, 1.165) is 55.5 Å². The molecule has 5 heteroatoms. The average Bonchev–Trinajstić information content (AvgIpc) is 3.13. The molecule has 2 aliphatic carbocycles. The van der Waals surface area contributed by atoms with Gasteiger partial charge in [0, 0.05) is 18.0 Å². The summed E-state index contributed by atoms with van der Waals surface area (Å²) in [5, 5.41) is 10.4. The Kier molecular flexibility index (Phi) is 3.96. The summed E-state index contributed by atoms with van der Waals surface area (Å²) in [5.41, 5.74) is 0.848. The summed E-state index contributed by atoms with van der Waals surface area (Å²) in [7, 11) is 0. The molecule has 1 N–H and O–H groups in total. The third-order valence-corrected chi connectivity index (χ3v) is 5.37. The fourth-order valence-electron chi connectivity index (χ4n) is 2.93. The zero-order valence-corrected chi connectivity index (χ0v) is 12.8. The third-order valence-electron chi connectivity index (χ3n) is 4.18. The van der Waals surface area contributed by atoms with Crippen molar-refractivity contribution < 1.29 is 9.90 Å². The Labute approximate surface area is 123 Å². The molecule has 1 aromatic rings. The van der Waals surface area contributed by atoms with Crippen molar-refractivity contribution >= 4 is 22.4 Å². The Morgan fingerprint density at radius 2 is 2.25 bits per heavy atom. The molecule has 0 radical (unpaired) electrons. The Balaban J connectivity index is 1.84. The van der Waals surface area contributed by atoms with Gasteiger partial charge < -0.3 is 10.0 Å². The predicted molar refractivity (Wildman–Crippen MR) is 80.7 cm³/mol. The Morgan fingerprint density at radius 1 is 1.45 bits per heavy atom. The van der Waals surface area contributed by atoms with Crippen molar-refractivity contribution in [1.82, 2.24) is 4.98 Å². The van der Waals surface area contributed by atoms with Crippen LogP contribution in [0.2, 0.25) is 0 Å². The Morgan fingerprint density at radius 3 is 2.90 bits per heavy atom. The topological polar surface area (TPSA) is 53.4 Å². The second-order valence-electron chi connectivity index (χ2n) is 5.98. The maximum absolute atomic E-state index is 11.4. The van der Waals surface area contributed by atoms with Crippen molar-refractivity contribution in [2.45, 2.75) is 51.4 Å². The molecule has 2 aliphatic rings. The van der Waals surface area contributed by atoms with Crippen LogP contribution in [-0.4, -0.2) is 29.1 Å². The minimum Gasteiger partial charge on any atom is -0.481 e. The van der Waals surface area contributed by atoms with Gasteiger partial charge in [0.15, 0.2) is 5.13 Å². The fraction of sp³-hybridized carbons (Fsp3) is 0.733. The molecule has 1 saturated carbocycles. The van der Waals surface area contributed by atoms with E-state index in [2.05, 4.69) is 11.8 Å². The maximum Gasteiger partial charge on any atom is 0.312 e. The van der Waals surface area contributed by atoms with Crippen molar-refractivity contribution in [2.75, 3.05) is 18.0 Å². The van der Waals surface area contributed by atoms with E-state index in [0.29, 0.717) is 0 Å². The molecule has 4 nitrogen and oxygen atoms in total. The van der Waals surface area contributed by atoms with E-state index in [1.807, 2.05) is 0 Å². The molecule has 0 saturated heterocycles. The van der Waals surface area contributed by atoms with Gasteiger partial charge in [-0.1, -0.05) is 6.92 Å². The van der Waals surface area contributed by atoms with Crippen LogP contribution in [0.1, 0.15) is 55.5 Å². The number of rotatable bonds is 6. The van der Waals surface area contributed by atoms with Gasteiger partial charge >= 0.3 is 5.97 Å². The van der Waals surface area contributed by atoms with Gasteiger partial charge in [0.25, 0.3) is 0 Å². The van der Waals surface area contributed by atoms with Gasteiger partial charge in [-0.05, 0) is 44.4 Å². The molecule has 1 unspecified atom stereocenters. The van der Waals surface area contributed by atoms with Gasteiger partial charge in [0.2, 0.25) is 0 Å². The number of hydrogen-bond acceptors (Lipinski definition) is 4. The van der Waals surface area contributed by atoms with E-state index in [9.17, 15) is 9.90 Å². The van der Waals surface area contributed by atoms with Crippen LogP contribution in [0.4, 0.5) is 5.13 Å². The molecule has 0 amide bonds. The third kappa shape index (κ3) is 2.82. The smallest absolute Gasteiger partial charge is 0.312 e. The van der Waals surface area contributed by atoms with Crippen LogP contribution < -0.4 is 4.90 Å². The largest absolute Gasteiger partial charge is 0.481 e. The lowest BCUT2D eigenvalue weighted by atomic mass is 9.91. The zero-order chi connectivity index (χ0) is 14.1. The summed E-state index contributed by atoms with van der Waals surface area (Å²) in [6.45, 7) is 4.31. The number of carboxylic acid groups (broad SMARTS) is 1. The lowest BCUT2D eigenvalue weighted by molar-refractivity contribution is -0.139. The van der Waals surface area contributed by atoms with Crippen LogP contribution >= 0.6 is 11.3 Å². The monoisotopic (exact) mass is 294 g/mol. The van der Waals surface area contributed by atoms with Crippen molar-refractivity contribution in [1.29, 1.82) is 0 Å². The summed E-state index contributed by atoms with van der Waals surface area (Å²) in [6, 6.07) is 0. The van der Waals surface area contributed by atoms with Gasteiger partial charge in [-0.2, -0.15) is 0 Å². The summed E-state index contributed by atoms with van der Waals surface area (Å²) in [4.78, 5) is 19.7. The Hall–Kier alpha value is -1.10. The highest BCUT2D eigenvalue weighted by atomic mass is 32.1.